The minimum absolute atomic E-state index is 0.0389. The number of carbonyl (C=O) groups is 3. The van der Waals surface area contributed by atoms with Gasteiger partial charge in [-0.25, -0.2) is 8.78 Å². The molecule has 0 bridgehead atoms. The lowest BCUT2D eigenvalue weighted by Gasteiger charge is -2.32. The highest BCUT2D eigenvalue weighted by Crippen LogP contribution is 2.37. The number of amides is 3. The van der Waals surface area contributed by atoms with Gasteiger partial charge in [-0.05, 0) is 31.5 Å². The van der Waals surface area contributed by atoms with Crippen LogP contribution in [-0.4, -0.2) is 90.4 Å². The Balaban J connectivity index is 1.51. The molecule has 3 unspecified atom stereocenters. The van der Waals surface area contributed by atoms with Crippen LogP contribution < -0.4 is 15.5 Å². The summed E-state index contributed by atoms with van der Waals surface area (Å²) in [6.45, 7) is 3.08. The summed E-state index contributed by atoms with van der Waals surface area (Å²) in [4.78, 5) is 42.9. The van der Waals surface area contributed by atoms with Crippen molar-refractivity contribution in [2.75, 3.05) is 56.5 Å². The number of likely N-dealkylation sites (tertiary alicyclic amines) is 1. The average molecular weight is 576 g/mol. The molecule has 40 heavy (non-hydrogen) atoms. The van der Waals surface area contributed by atoms with E-state index in [1.165, 1.54) is 16.7 Å². The van der Waals surface area contributed by atoms with Crippen LogP contribution in [0.4, 0.5) is 20.2 Å². The number of anilines is 2. The molecule has 0 spiro atoms. The van der Waals surface area contributed by atoms with Gasteiger partial charge in [0.05, 0.1) is 29.3 Å². The second kappa shape index (κ2) is 14.3. The molecule has 2 N–H and O–H groups in total. The van der Waals surface area contributed by atoms with Gasteiger partial charge in [0.1, 0.15) is 12.5 Å². The Labute approximate surface area is 237 Å². The first-order valence-corrected chi connectivity index (χ1v) is 14.2. The number of hydrogen-bond donors (Lipinski definition) is 2. The number of piperidine rings is 1. The summed E-state index contributed by atoms with van der Waals surface area (Å²) in [5, 5.41) is 23.2. The van der Waals surface area contributed by atoms with Gasteiger partial charge in [-0.2, -0.15) is 10.5 Å². The molecular weight excluding hydrogens is 540 g/mol. The molecule has 3 atom stereocenters. The first-order valence-electron chi connectivity index (χ1n) is 13.3. The van der Waals surface area contributed by atoms with Gasteiger partial charge in [-0.3, -0.25) is 19.3 Å². The molecule has 0 saturated carbocycles. The second-order valence-corrected chi connectivity index (χ2v) is 11.2. The zero-order valence-corrected chi connectivity index (χ0v) is 23.6. The standard InChI is InChI=1S/C27H35F2N7O3S/c1-3-36-24(15-19(17-31)25(38)33-12-10-30)40-22(26(36)39)7-11-32-20-5-4-6-21(16-20)34(2)23(37)18-35-13-8-27(28,29)9-14-35/h4-6,16,19,22,24,32H,3,7-9,11-15,18H2,1-2H3,(H,33,38). The summed E-state index contributed by atoms with van der Waals surface area (Å²) in [6.07, 6.45) is 0.230. The van der Waals surface area contributed by atoms with Gasteiger partial charge < -0.3 is 20.4 Å². The van der Waals surface area contributed by atoms with Crippen LogP contribution in [-0.2, 0) is 14.4 Å². The molecule has 13 heteroatoms. The highest BCUT2D eigenvalue weighted by molar-refractivity contribution is 8.01. The Morgan fingerprint density at radius 1 is 1.27 bits per heavy atom. The van der Waals surface area contributed by atoms with Crippen LogP contribution in [0, 0.1) is 28.6 Å². The average Bonchev–Trinajstić information content (AvgIpc) is 3.24. The van der Waals surface area contributed by atoms with E-state index >= 15 is 0 Å². The first kappa shape index (κ1) is 31.1. The van der Waals surface area contributed by atoms with Crippen molar-refractivity contribution < 1.29 is 23.2 Å². The number of nitrogens with one attached hydrogen (secondary N) is 2. The number of alkyl halides is 2. The minimum atomic E-state index is -2.66. The number of halogens is 2. The SMILES string of the molecule is CCN1C(=O)C(CCNc2cccc(N(C)C(=O)CN3CCC(F)(F)CC3)c2)SC1CC(C#N)C(=O)NCC#N. The molecule has 1 aromatic rings. The Kier molecular flexibility index (Phi) is 11.1. The molecule has 10 nitrogen and oxygen atoms in total. The molecule has 0 aliphatic carbocycles. The molecule has 0 aromatic heterocycles. The van der Waals surface area contributed by atoms with Gasteiger partial charge in [0.2, 0.25) is 17.7 Å². The minimum Gasteiger partial charge on any atom is -0.385 e. The number of likely N-dealkylation sites (N-methyl/N-ethyl adjacent to an activating group) is 1. The van der Waals surface area contributed by atoms with E-state index in [4.69, 9.17) is 5.26 Å². The van der Waals surface area contributed by atoms with Gasteiger partial charge in [-0.1, -0.05) is 6.07 Å². The third-order valence-electron chi connectivity index (χ3n) is 7.11. The summed E-state index contributed by atoms with van der Waals surface area (Å²) in [5.74, 6) is -4.35. The maximum atomic E-state index is 13.4. The van der Waals surface area contributed by atoms with Crippen molar-refractivity contribution in [3.8, 4) is 12.1 Å². The molecule has 2 heterocycles. The van der Waals surface area contributed by atoms with E-state index in [-0.39, 0.29) is 67.9 Å². The van der Waals surface area contributed by atoms with Crippen LogP contribution in [0.3, 0.4) is 0 Å². The van der Waals surface area contributed by atoms with Gasteiger partial charge in [0.15, 0.2) is 0 Å². The van der Waals surface area contributed by atoms with E-state index in [9.17, 15) is 28.4 Å². The predicted molar refractivity (Wildman–Crippen MR) is 148 cm³/mol. The summed E-state index contributed by atoms with van der Waals surface area (Å²) in [6, 6.07) is 11.1. The van der Waals surface area contributed by atoms with Crippen LogP contribution >= 0.6 is 11.8 Å². The zero-order chi connectivity index (χ0) is 29.3. The van der Waals surface area contributed by atoms with Crippen LogP contribution in [0.1, 0.15) is 32.6 Å². The Morgan fingerprint density at radius 3 is 2.65 bits per heavy atom. The van der Waals surface area contributed by atoms with E-state index in [1.54, 1.807) is 22.9 Å². The lowest BCUT2D eigenvalue weighted by atomic mass is 10.1. The molecule has 216 valence electrons. The van der Waals surface area contributed by atoms with Crippen molar-refractivity contribution in [3.05, 3.63) is 24.3 Å². The van der Waals surface area contributed by atoms with E-state index in [0.717, 1.165) is 5.69 Å². The van der Waals surface area contributed by atoms with Gasteiger partial charge >= 0.3 is 0 Å². The van der Waals surface area contributed by atoms with Crippen molar-refractivity contribution in [2.24, 2.45) is 5.92 Å². The Hall–Kier alpha value is -3.42. The highest BCUT2D eigenvalue weighted by atomic mass is 32.2. The number of thioether (sulfide) groups is 1. The Bertz CT molecular complexity index is 1150. The van der Waals surface area contributed by atoms with E-state index in [0.29, 0.717) is 25.2 Å². The second-order valence-electron chi connectivity index (χ2n) is 9.85. The predicted octanol–water partition coefficient (Wildman–Crippen LogP) is 2.64. The number of carbonyl (C=O) groups excluding carboxylic acids is 3. The van der Waals surface area contributed by atoms with Crippen molar-refractivity contribution in [1.82, 2.24) is 15.1 Å². The monoisotopic (exact) mass is 575 g/mol. The number of nitriles is 2. The van der Waals surface area contributed by atoms with E-state index in [2.05, 4.69) is 10.6 Å². The molecule has 2 fully saturated rings. The molecule has 2 aliphatic rings. The van der Waals surface area contributed by atoms with Gasteiger partial charge in [0.25, 0.3) is 5.92 Å². The fraction of sp³-hybridized carbons (Fsp3) is 0.593. The van der Waals surface area contributed by atoms with Crippen LogP contribution in [0.25, 0.3) is 0 Å². The summed E-state index contributed by atoms with van der Waals surface area (Å²) in [5.41, 5.74) is 1.44. The highest BCUT2D eigenvalue weighted by Gasteiger charge is 2.41. The molecule has 2 aliphatic heterocycles. The van der Waals surface area contributed by atoms with E-state index in [1.807, 2.05) is 37.3 Å². The van der Waals surface area contributed by atoms with Crippen molar-refractivity contribution in [2.45, 2.75) is 49.2 Å². The summed E-state index contributed by atoms with van der Waals surface area (Å²) in [7, 11) is 1.66. The smallest absolute Gasteiger partial charge is 0.250 e. The molecule has 3 rings (SSSR count). The number of rotatable bonds is 12. The zero-order valence-electron chi connectivity index (χ0n) is 22.7. The van der Waals surface area contributed by atoms with Crippen molar-refractivity contribution >= 4 is 40.9 Å². The largest absolute Gasteiger partial charge is 0.385 e. The van der Waals surface area contributed by atoms with Gasteiger partial charge in [-0.15, -0.1) is 11.8 Å². The normalized spacial score (nSPS) is 21.2. The van der Waals surface area contributed by atoms with E-state index < -0.39 is 17.7 Å². The third-order valence-corrected chi connectivity index (χ3v) is 8.64. The summed E-state index contributed by atoms with van der Waals surface area (Å²) >= 11 is 1.44. The quantitative estimate of drug-likeness (QED) is 0.364. The van der Waals surface area contributed by atoms with Crippen LogP contribution in [0.5, 0.6) is 0 Å². The molecule has 3 amide bonds. The fourth-order valence-corrected chi connectivity index (χ4v) is 6.29. The molecular formula is C27H35F2N7O3S. The summed E-state index contributed by atoms with van der Waals surface area (Å²) < 4.78 is 26.8. The first-order chi connectivity index (χ1) is 19.1. The van der Waals surface area contributed by atoms with Crippen molar-refractivity contribution in [1.29, 1.82) is 10.5 Å². The Morgan fingerprint density at radius 2 is 2.00 bits per heavy atom. The third kappa shape index (κ3) is 8.29. The molecule has 1 aromatic carbocycles. The van der Waals surface area contributed by atoms with Crippen LogP contribution in [0.15, 0.2) is 24.3 Å². The number of benzene rings is 1. The van der Waals surface area contributed by atoms with Crippen molar-refractivity contribution in [3.63, 3.8) is 0 Å². The molecule has 2 saturated heterocycles. The fourth-order valence-electron chi connectivity index (χ4n) is 4.70. The maximum Gasteiger partial charge on any atom is 0.250 e. The topological polar surface area (TPSA) is 133 Å². The lowest BCUT2D eigenvalue weighted by molar-refractivity contribution is -0.131. The number of hydrogen-bond acceptors (Lipinski definition) is 8. The molecule has 0 radical (unpaired) electrons. The number of nitrogens with zero attached hydrogens (tertiary/aromatic N) is 5. The maximum absolute atomic E-state index is 13.4. The van der Waals surface area contributed by atoms with Gasteiger partial charge in [0, 0.05) is 63.9 Å². The lowest BCUT2D eigenvalue weighted by Crippen LogP contribution is -2.45. The van der Waals surface area contributed by atoms with Crippen LogP contribution in [0.2, 0.25) is 0 Å².